The van der Waals surface area contributed by atoms with E-state index in [1.165, 1.54) is 41.9 Å². The fourth-order valence-corrected chi connectivity index (χ4v) is 6.09. The van der Waals surface area contributed by atoms with Gasteiger partial charge in [0.2, 0.25) is 5.95 Å². The van der Waals surface area contributed by atoms with Crippen LogP contribution in [0.5, 0.6) is 0 Å². The van der Waals surface area contributed by atoms with E-state index in [9.17, 15) is 13.2 Å². The van der Waals surface area contributed by atoms with Crippen molar-refractivity contribution in [3.63, 3.8) is 0 Å². The zero-order chi connectivity index (χ0) is 26.0. The number of nitrogens with one attached hydrogen (secondary N) is 3. The average molecular weight is 544 g/mol. The second-order valence-corrected chi connectivity index (χ2v) is 11.8. The van der Waals surface area contributed by atoms with E-state index in [0.717, 1.165) is 35.8 Å². The zero-order valence-electron chi connectivity index (χ0n) is 20.4. The van der Waals surface area contributed by atoms with E-state index in [0.29, 0.717) is 28.9 Å². The topological polar surface area (TPSA) is 125 Å². The number of nitrogens with zero attached hydrogens (tertiary/aromatic N) is 3. The molecule has 37 heavy (non-hydrogen) atoms. The van der Waals surface area contributed by atoms with E-state index in [1.807, 2.05) is 6.07 Å². The SMILES string of the molecule is CC(C)c1nc(-c2ccc(F)c(N[S+](=O)(O)c3ccco3)c2)c(-c2ccnc(NC3CCNCC3)n2)s1. The summed E-state index contributed by atoms with van der Waals surface area (Å²) >= 11 is 1.52. The predicted molar refractivity (Wildman–Crippen MR) is 143 cm³/mol. The summed E-state index contributed by atoms with van der Waals surface area (Å²) in [5, 5.41) is 7.49. The van der Waals surface area contributed by atoms with E-state index in [2.05, 4.69) is 34.2 Å². The molecule has 0 radical (unpaired) electrons. The third-order valence-electron chi connectivity index (χ3n) is 5.95. The lowest BCUT2D eigenvalue weighted by Gasteiger charge is -2.23. The van der Waals surface area contributed by atoms with Crippen LogP contribution in [0.1, 0.15) is 37.6 Å². The molecule has 1 aliphatic rings. The highest BCUT2D eigenvalue weighted by atomic mass is 32.3. The van der Waals surface area contributed by atoms with Gasteiger partial charge in [-0.1, -0.05) is 13.8 Å². The first kappa shape index (κ1) is 25.5. The average Bonchev–Trinajstić information content (AvgIpc) is 3.58. The molecule has 1 aromatic carbocycles. The summed E-state index contributed by atoms with van der Waals surface area (Å²) in [5.41, 5.74) is 1.77. The fraction of sp³-hybridized carbons (Fsp3) is 0.320. The minimum atomic E-state index is -3.84. The van der Waals surface area contributed by atoms with Crippen molar-refractivity contribution < 1.29 is 17.6 Å². The zero-order valence-corrected chi connectivity index (χ0v) is 22.0. The highest BCUT2D eigenvalue weighted by Gasteiger charge is 2.34. The molecule has 1 aliphatic heterocycles. The first-order chi connectivity index (χ1) is 17.8. The summed E-state index contributed by atoms with van der Waals surface area (Å²) < 4.78 is 45.3. The van der Waals surface area contributed by atoms with Crippen molar-refractivity contribution >= 4 is 33.4 Å². The van der Waals surface area contributed by atoms with E-state index in [1.54, 1.807) is 12.3 Å². The van der Waals surface area contributed by atoms with Gasteiger partial charge in [0.15, 0.2) is 5.82 Å². The highest BCUT2D eigenvalue weighted by Crippen LogP contribution is 2.40. The first-order valence-electron chi connectivity index (χ1n) is 12.0. The maximum absolute atomic E-state index is 14.7. The summed E-state index contributed by atoms with van der Waals surface area (Å²) in [5.74, 6) is 0.0445. The van der Waals surface area contributed by atoms with Crippen LogP contribution in [-0.4, -0.2) is 38.6 Å². The second-order valence-electron chi connectivity index (χ2n) is 9.07. The molecule has 5 rings (SSSR count). The molecule has 0 bridgehead atoms. The molecule has 1 unspecified atom stereocenters. The third kappa shape index (κ3) is 5.72. The molecule has 4 heterocycles. The van der Waals surface area contributed by atoms with Gasteiger partial charge in [0.1, 0.15) is 5.69 Å². The van der Waals surface area contributed by atoms with Gasteiger partial charge < -0.3 is 15.1 Å². The number of anilines is 2. The van der Waals surface area contributed by atoms with Crippen LogP contribution < -0.4 is 15.4 Å². The van der Waals surface area contributed by atoms with E-state index in [4.69, 9.17) is 14.4 Å². The Morgan fingerprint density at radius 2 is 2.03 bits per heavy atom. The van der Waals surface area contributed by atoms with Crippen molar-refractivity contribution in [2.24, 2.45) is 0 Å². The van der Waals surface area contributed by atoms with Crippen LogP contribution in [0.15, 0.2) is 58.4 Å². The molecule has 194 valence electrons. The van der Waals surface area contributed by atoms with Crippen molar-refractivity contribution in [2.45, 2.75) is 43.7 Å². The van der Waals surface area contributed by atoms with Crippen LogP contribution in [0.2, 0.25) is 0 Å². The number of piperidine rings is 1. The van der Waals surface area contributed by atoms with Gasteiger partial charge in [-0.2, -0.15) is 9.27 Å². The molecule has 1 saturated heterocycles. The van der Waals surface area contributed by atoms with Gasteiger partial charge in [-0.05, 0) is 60.5 Å². The van der Waals surface area contributed by atoms with Crippen molar-refractivity contribution in [1.82, 2.24) is 20.3 Å². The van der Waals surface area contributed by atoms with Gasteiger partial charge in [-0.15, -0.1) is 11.3 Å². The number of hydrogen-bond donors (Lipinski definition) is 4. The Bertz CT molecular complexity index is 1420. The monoisotopic (exact) mass is 543 g/mol. The van der Waals surface area contributed by atoms with E-state index >= 15 is 0 Å². The first-order valence-corrected chi connectivity index (χ1v) is 14.3. The van der Waals surface area contributed by atoms with Gasteiger partial charge in [-0.25, -0.2) is 19.3 Å². The molecule has 9 nitrogen and oxygen atoms in total. The van der Waals surface area contributed by atoms with Gasteiger partial charge >= 0.3 is 15.5 Å². The lowest BCUT2D eigenvalue weighted by molar-refractivity contribution is 0.420. The Morgan fingerprint density at radius 1 is 1.22 bits per heavy atom. The number of hydrogen-bond acceptors (Lipinski definition) is 8. The molecule has 0 spiro atoms. The van der Waals surface area contributed by atoms with Crippen LogP contribution in [0.3, 0.4) is 0 Å². The Labute approximate surface area is 219 Å². The third-order valence-corrected chi connectivity index (χ3v) is 8.61. The minimum Gasteiger partial charge on any atom is -0.422 e. The number of aromatic nitrogens is 3. The fourth-order valence-electron chi connectivity index (χ4n) is 4.03. The Morgan fingerprint density at radius 3 is 2.76 bits per heavy atom. The van der Waals surface area contributed by atoms with Crippen LogP contribution in [-0.2, 0) is 14.6 Å². The number of thiazole rings is 1. The quantitative estimate of drug-likeness (QED) is 0.210. The van der Waals surface area contributed by atoms with Crippen molar-refractivity contribution in [3.8, 4) is 21.8 Å². The van der Waals surface area contributed by atoms with Crippen LogP contribution in [0.25, 0.3) is 21.8 Å². The summed E-state index contributed by atoms with van der Waals surface area (Å²) in [6, 6.07) is 9.31. The lowest BCUT2D eigenvalue weighted by Crippen LogP contribution is -2.35. The largest absolute Gasteiger partial charge is 0.422 e. The molecule has 3 aromatic heterocycles. The van der Waals surface area contributed by atoms with Gasteiger partial charge in [0.05, 0.1) is 27.5 Å². The number of benzene rings is 1. The smallest absolute Gasteiger partial charge is 0.383 e. The highest BCUT2D eigenvalue weighted by molar-refractivity contribution is 7.98. The molecule has 0 aliphatic carbocycles. The second kappa shape index (κ2) is 10.7. The minimum absolute atomic E-state index is 0.137. The number of furan rings is 1. The molecule has 0 amide bonds. The van der Waals surface area contributed by atoms with Gasteiger partial charge in [0.25, 0.3) is 0 Å². The van der Waals surface area contributed by atoms with E-state index < -0.39 is 16.2 Å². The summed E-state index contributed by atoms with van der Waals surface area (Å²) in [6.45, 7) is 6.01. The molecule has 4 N–H and O–H groups in total. The Kier molecular flexibility index (Phi) is 7.33. The summed E-state index contributed by atoms with van der Waals surface area (Å²) in [6.07, 6.45) is 4.99. The molecule has 0 saturated carbocycles. The molecule has 12 heteroatoms. The van der Waals surface area contributed by atoms with Crippen molar-refractivity contribution in [1.29, 1.82) is 0 Å². The lowest BCUT2D eigenvalue weighted by atomic mass is 10.1. The summed E-state index contributed by atoms with van der Waals surface area (Å²) in [7, 11) is -3.84. The Balaban J connectivity index is 1.51. The van der Waals surface area contributed by atoms with Crippen LogP contribution in [0.4, 0.5) is 16.0 Å². The number of halogens is 1. The molecule has 1 fully saturated rings. The molecule has 1 atom stereocenters. The Hall–Kier alpha value is -3.19. The molecular weight excluding hydrogens is 515 g/mol. The molecule has 4 aromatic rings. The van der Waals surface area contributed by atoms with Crippen molar-refractivity contribution in [2.75, 3.05) is 23.1 Å². The molecular formula is C25H28FN6O3S2+. The normalized spacial score (nSPS) is 16.0. The maximum atomic E-state index is 14.7. The van der Waals surface area contributed by atoms with Crippen molar-refractivity contribution in [3.05, 3.63) is 59.7 Å². The van der Waals surface area contributed by atoms with Gasteiger partial charge in [-0.3, -0.25) is 0 Å². The van der Waals surface area contributed by atoms with Crippen LogP contribution in [0, 0.1) is 5.82 Å². The summed E-state index contributed by atoms with van der Waals surface area (Å²) in [4.78, 5) is 14.8. The van der Waals surface area contributed by atoms with Crippen LogP contribution >= 0.6 is 11.3 Å². The predicted octanol–water partition coefficient (Wildman–Crippen LogP) is 5.65. The maximum Gasteiger partial charge on any atom is 0.383 e. The van der Waals surface area contributed by atoms with E-state index in [-0.39, 0.29) is 16.7 Å². The van der Waals surface area contributed by atoms with Gasteiger partial charge in [0, 0.05) is 29.8 Å². The number of rotatable bonds is 8. The standard InChI is InChI=1S/C25H27FN6O3S2/c1-15(2)24-31-22(16-5-6-18(26)20(14-16)32-37(33,34)21-4-3-13-35-21)23(36-24)19-9-12-28-25(30-19)29-17-7-10-27-11-8-17/h3-6,9,12-15,17,27H,7-8,10-11H2,1-2H3,(H2-,28,29,30,32,33,34)/p+1.